The van der Waals surface area contributed by atoms with Crippen LogP contribution in [-0.4, -0.2) is 31.5 Å². The summed E-state index contributed by atoms with van der Waals surface area (Å²) in [7, 11) is 1.41. The lowest BCUT2D eigenvalue weighted by molar-refractivity contribution is -0.120. The van der Waals surface area contributed by atoms with E-state index in [1.165, 1.54) is 13.2 Å². The standard InChI is InChI=1S/C22H20Cl2N2O5/c1-4-9-31-22(29)13-5-7-14(8-6-13)25-19-18(24)20(27)26(21(19)28)16-10-12(2)15(23)11-17(16)30-3/h5-8,10-11,25H,4,9H2,1-3H3. The number of carbonyl (C=O) groups is 3. The molecule has 0 saturated carbocycles. The molecule has 0 bridgehead atoms. The molecular weight excluding hydrogens is 443 g/mol. The van der Waals surface area contributed by atoms with Gasteiger partial charge in [-0.3, -0.25) is 9.59 Å². The number of hydrogen-bond donors (Lipinski definition) is 1. The number of anilines is 2. The number of amides is 2. The Hall–Kier alpha value is -3.03. The topological polar surface area (TPSA) is 84.9 Å². The fraction of sp³-hybridized carbons (Fsp3) is 0.227. The van der Waals surface area contributed by atoms with Gasteiger partial charge in [0.2, 0.25) is 0 Å². The van der Waals surface area contributed by atoms with Crippen LogP contribution in [0.25, 0.3) is 0 Å². The zero-order valence-electron chi connectivity index (χ0n) is 17.1. The molecule has 0 spiro atoms. The normalized spacial score (nSPS) is 13.6. The highest BCUT2D eigenvalue weighted by molar-refractivity contribution is 6.53. The van der Waals surface area contributed by atoms with Crippen LogP contribution in [0.15, 0.2) is 47.1 Å². The Morgan fingerprint density at radius 2 is 1.77 bits per heavy atom. The molecule has 0 aliphatic carbocycles. The van der Waals surface area contributed by atoms with E-state index in [0.717, 1.165) is 11.3 Å². The van der Waals surface area contributed by atoms with Crippen LogP contribution in [0.3, 0.4) is 0 Å². The molecule has 2 amide bonds. The number of nitrogens with zero attached hydrogens (tertiary/aromatic N) is 1. The fourth-order valence-corrected chi connectivity index (χ4v) is 3.29. The predicted octanol–water partition coefficient (Wildman–Crippen LogP) is 4.66. The van der Waals surface area contributed by atoms with Crippen molar-refractivity contribution in [1.29, 1.82) is 0 Å². The molecule has 0 aromatic heterocycles. The van der Waals surface area contributed by atoms with Crippen LogP contribution in [0.5, 0.6) is 5.75 Å². The molecule has 162 valence electrons. The first-order chi connectivity index (χ1) is 14.8. The molecule has 0 atom stereocenters. The van der Waals surface area contributed by atoms with Gasteiger partial charge in [0.15, 0.2) is 0 Å². The molecule has 1 aliphatic heterocycles. The van der Waals surface area contributed by atoms with Crippen LogP contribution < -0.4 is 15.0 Å². The van der Waals surface area contributed by atoms with Crippen molar-refractivity contribution in [3.63, 3.8) is 0 Å². The molecular formula is C22H20Cl2N2O5. The first-order valence-corrected chi connectivity index (χ1v) is 10.2. The molecule has 0 unspecified atom stereocenters. The second-order valence-electron chi connectivity index (χ2n) is 6.75. The summed E-state index contributed by atoms with van der Waals surface area (Å²) in [6.07, 6.45) is 0.725. The smallest absolute Gasteiger partial charge is 0.338 e. The maximum atomic E-state index is 13.0. The van der Waals surface area contributed by atoms with Crippen LogP contribution in [0, 0.1) is 6.92 Å². The number of rotatable bonds is 7. The van der Waals surface area contributed by atoms with Crippen molar-refractivity contribution in [2.75, 3.05) is 23.9 Å². The number of esters is 1. The van der Waals surface area contributed by atoms with Crippen molar-refractivity contribution in [2.45, 2.75) is 20.3 Å². The van der Waals surface area contributed by atoms with Crippen molar-refractivity contribution < 1.29 is 23.9 Å². The summed E-state index contributed by atoms with van der Waals surface area (Å²) in [6.45, 7) is 3.99. The number of aryl methyl sites for hydroxylation is 1. The average molecular weight is 463 g/mol. The van der Waals surface area contributed by atoms with E-state index in [1.54, 1.807) is 37.3 Å². The second kappa shape index (κ2) is 9.41. The molecule has 7 nitrogen and oxygen atoms in total. The summed E-state index contributed by atoms with van der Waals surface area (Å²) in [5.74, 6) is -1.50. The zero-order valence-corrected chi connectivity index (χ0v) is 18.6. The van der Waals surface area contributed by atoms with Gasteiger partial charge in [-0.25, -0.2) is 9.69 Å². The highest BCUT2D eigenvalue weighted by Gasteiger charge is 2.40. The number of ether oxygens (including phenoxy) is 2. The number of methoxy groups -OCH3 is 1. The Morgan fingerprint density at radius 3 is 2.39 bits per heavy atom. The van der Waals surface area contributed by atoms with E-state index in [4.69, 9.17) is 32.7 Å². The summed E-state index contributed by atoms with van der Waals surface area (Å²) in [6, 6.07) is 9.41. The maximum Gasteiger partial charge on any atom is 0.338 e. The first kappa shape index (κ1) is 22.7. The van der Waals surface area contributed by atoms with E-state index in [-0.39, 0.29) is 22.2 Å². The summed E-state index contributed by atoms with van der Waals surface area (Å²) >= 11 is 12.3. The number of nitrogens with one attached hydrogen (secondary N) is 1. The number of hydrogen-bond acceptors (Lipinski definition) is 6. The summed E-state index contributed by atoms with van der Waals surface area (Å²) in [5, 5.41) is 3.04. The molecule has 1 N–H and O–H groups in total. The minimum Gasteiger partial charge on any atom is -0.494 e. The summed E-state index contributed by atoms with van der Waals surface area (Å²) in [5.41, 5.74) is 1.67. The molecule has 1 heterocycles. The lowest BCUT2D eigenvalue weighted by atomic mass is 10.2. The van der Waals surface area contributed by atoms with Crippen LogP contribution >= 0.6 is 23.2 Å². The Kier molecular flexibility index (Phi) is 6.87. The third-order valence-electron chi connectivity index (χ3n) is 4.56. The Balaban J connectivity index is 1.84. The van der Waals surface area contributed by atoms with Crippen molar-refractivity contribution in [2.24, 2.45) is 0 Å². The van der Waals surface area contributed by atoms with Crippen LogP contribution in [0.1, 0.15) is 29.3 Å². The minimum atomic E-state index is -0.686. The molecule has 31 heavy (non-hydrogen) atoms. The van der Waals surface area contributed by atoms with Crippen LogP contribution in [-0.2, 0) is 14.3 Å². The molecule has 2 aromatic rings. The average Bonchev–Trinajstić information content (AvgIpc) is 2.97. The Bertz CT molecular complexity index is 1080. The van der Waals surface area contributed by atoms with Gasteiger partial charge in [-0.2, -0.15) is 0 Å². The van der Waals surface area contributed by atoms with Gasteiger partial charge in [-0.1, -0.05) is 30.1 Å². The lowest BCUT2D eigenvalue weighted by Crippen LogP contribution is -2.32. The Labute approximate surface area is 189 Å². The number of halogens is 2. The molecule has 3 rings (SSSR count). The highest BCUT2D eigenvalue weighted by Crippen LogP contribution is 2.38. The molecule has 0 radical (unpaired) electrons. The molecule has 2 aromatic carbocycles. The zero-order chi connectivity index (χ0) is 22.7. The second-order valence-corrected chi connectivity index (χ2v) is 7.53. The molecule has 9 heteroatoms. The fourth-order valence-electron chi connectivity index (χ4n) is 2.93. The summed E-state index contributed by atoms with van der Waals surface area (Å²) in [4.78, 5) is 38.6. The molecule has 0 saturated heterocycles. The van der Waals surface area contributed by atoms with E-state index < -0.39 is 17.8 Å². The quantitative estimate of drug-likeness (QED) is 0.475. The third kappa shape index (κ3) is 4.52. The number of carbonyl (C=O) groups excluding carboxylic acids is 3. The van der Waals surface area contributed by atoms with Gasteiger partial charge >= 0.3 is 5.97 Å². The van der Waals surface area contributed by atoms with Gasteiger partial charge in [-0.05, 0) is 49.2 Å². The van der Waals surface area contributed by atoms with Crippen molar-refractivity contribution in [3.8, 4) is 5.75 Å². The van der Waals surface area contributed by atoms with Crippen LogP contribution in [0.4, 0.5) is 11.4 Å². The lowest BCUT2D eigenvalue weighted by Gasteiger charge is -2.19. The van der Waals surface area contributed by atoms with Gasteiger partial charge in [-0.15, -0.1) is 0 Å². The van der Waals surface area contributed by atoms with Crippen molar-refractivity contribution in [1.82, 2.24) is 0 Å². The molecule has 1 aliphatic rings. The Morgan fingerprint density at radius 1 is 1.10 bits per heavy atom. The van der Waals surface area contributed by atoms with E-state index in [2.05, 4.69) is 5.32 Å². The number of imide groups is 1. The van der Waals surface area contributed by atoms with Gasteiger partial charge in [0.1, 0.15) is 16.5 Å². The van der Waals surface area contributed by atoms with E-state index in [0.29, 0.717) is 28.4 Å². The van der Waals surface area contributed by atoms with Gasteiger partial charge in [0, 0.05) is 16.8 Å². The maximum absolute atomic E-state index is 13.0. The monoisotopic (exact) mass is 462 g/mol. The first-order valence-electron chi connectivity index (χ1n) is 9.45. The minimum absolute atomic E-state index is 0.0809. The predicted molar refractivity (Wildman–Crippen MR) is 119 cm³/mol. The van der Waals surface area contributed by atoms with Gasteiger partial charge < -0.3 is 14.8 Å². The van der Waals surface area contributed by atoms with Gasteiger partial charge in [0.25, 0.3) is 11.8 Å². The van der Waals surface area contributed by atoms with E-state index >= 15 is 0 Å². The van der Waals surface area contributed by atoms with Gasteiger partial charge in [0.05, 0.1) is 25.0 Å². The van der Waals surface area contributed by atoms with Crippen LogP contribution in [0.2, 0.25) is 5.02 Å². The van der Waals surface area contributed by atoms with E-state index in [9.17, 15) is 14.4 Å². The third-order valence-corrected chi connectivity index (χ3v) is 5.31. The molecule has 0 fully saturated rings. The summed E-state index contributed by atoms with van der Waals surface area (Å²) < 4.78 is 10.4. The number of benzene rings is 2. The largest absolute Gasteiger partial charge is 0.494 e. The van der Waals surface area contributed by atoms with Crippen molar-refractivity contribution >= 4 is 52.4 Å². The SMILES string of the molecule is CCCOC(=O)c1ccc(NC2=C(Cl)C(=O)N(c3cc(C)c(Cl)cc3OC)C2=O)cc1. The van der Waals surface area contributed by atoms with Crippen molar-refractivity contribution in [3.05, 3.63) is 63.3 Å². The highest BCUT2D eigenvalue weighted by atomic mass is 35.5. The van der Waals surface area contributed by atoms with E-state index in [1.807, 2.05) is 6.92 Å².